The highest BCUT2D eigenvalue weighted by molar-refractivity contribution is 7.99. The second-order valence-electron chi connectivity index (χ2n) is 4.68. The fraction of sp³-hybridized carbons (Fsp3) is 0.333. The topological polar surface area (TPSA) is 20.2 Å². The average molecular weight is 244 g/mol. The first-order chi connectivity index (χ1) is 8.34. The van der Waals surface area contributed by atoms with E-state index in [4.69, 9.17) is 0 Å². The van der Waals surface area contributed by atoms with Crippen LogP contribution >= 0.6 is 11.8 Å². The SMILES string of the molecule is OC(c1ccc2ccccc2c1)C1CCSC1. The third-order valence-corrected chi connectivity index (χ3v) is 4.71. The average Bonchev–Trinajstić information content (AvgIpc) is 2.91. The van der Waals surface area contributed by atoms with E-state index < -0.39 is 0 Å². The van der Waals surface area contributed by atoms with Crippen molar-refractivity contribution in [3.63, 3.8) is 0 Å². The molecule has 2 heteroatoms. The molecule has 1 saturated heterocycles. The van der Waals surface area contributed by atoms with Gasteiger partial charge in [0, 0.05) is 0 Å². The van der Waals surface area contributed by atoms with Crippen LogP contribution in [0.3, 0.4) is 0 Å². The second kappa shape index (κ2) is 4.71. The summed E-state index contributed by atoms with van der Waals surface area (Å²) in [4.78, 5) is 0. The second-order valence-corrected chi connectivity index (χ2v) is 5.82. The smallest absolute Gasteiger partial charge is 0.0826 e. The Kier molecular flexibility index (Phi) is 3.08. The maximum Gasteiger partial charge on any atom is 0.0826 e. The van der Waals surface area contributed by atoms with E-state index in [1.807, 2.05) is 23.9 Å². The lowest BCUT2D eigenvalue weighted by Gasteiger charge is -2.17. The lowest BCUT2D eigenvalue weighted by Crippen LogP contribution is -2.11. The molecule has 2 aromatic rings. The molecule has 3 rings (SSSR count). The van der Waals surface area contributed by atoms with Gasteiger partial charge in [0.05, 0.1) is 6.10 Å². The van der Waals surface area contributed by atoms with Crippen LogP contribution in [0, 0.1) is 5.92 Å². The van der Waals surface area contributed by atoms with Gasteiger partial charge in [-0.3, -0.25) is 0 Å². The van der Waals surface area contributed by atoms with Crippen molar-refractivity contribution >= 4 is 22.5 Å². The summed E-state index contributed by atoms with van der Waals surface area (Å²) >= 11 is 1.95. The Labute approximate surface area is 106 Å². The van der Waals surface area contributed by atoms with Gasteiger partial charge in [0.15, 0.2) is 0 Å². The van der Waals surface area contributed by atoms with Crippen LogP contribution < -0.4 is 0 Å². The summed E-state index contributed by atoms with van der Waals surface area (Å²) in [6.45, 7) is 0. The zero-order valence-corrected chi connectivity index (χ0v) is 10.5. The molecular formula is C15H16OS. The third kappa shape index (κ3) is 2.20. The molecule has 0 aliphatic carbocycles. The van der Waals surface area contributed by atoms with E-state index in [-0.39, 0.29) is 6.10 Å². The molecular weight excluding hydrogens is 228 g/mol. The number of benzene rings is 2. The Morgan fingerprint density at radius 3 is 2.71 bits per heavy atom. The van der Waals surface area contributed by atoms with Crippen LogP contribution in [0.4, 0.5) is 0 Å². The van der Waals surface area contributed by atoms with Gasteiger partial charge in [0.1, 0.15) is 0 Å². The van der Waals surface area contributed by atoms with E-state index in [0.717, 1.165) is 17.7 Å². The van der Waals surface area contributed by atoms with E-state index in [9.17, 15) is 5.11 Å². The minimum Gasteiger partial charge on any atom is -0.388 e. The number of hydrogen-bond acceptors (Lipinski definition) is 2. The molecule has 0 spiro atoms. The molecule has 1 nitrogen and oxygen atoms in total. The predicted molar refractivity (Wildman–Crippen MR) is 74.3 cm³/mol. The van der Waals surface area contributed by atoms with Crippen molar-refractivity contribution in [2.45, 2.75) is 12.5 Å². The quantitative estimate of drug-likeness (QED) is 0.870. The van der Waals surface area contributed by atoms with Gasteiger partial charge in [-0.2, -0.15) is 11.8 Å². The number of fused-ring (bicyclic) bond motifs is 1. The van der Waals surface area contributed by atoms with E-state index >= 15 is 0 Å². The molecule has 88 valence electrons. The number of thioether (sulfide) groups is 1. The zero-order valence-electron chi connectivity index (χ0n) is 9.67. The summed E-state index contributed by atoms with van der Waals surface area (Å²) in [5.41, 5.74) is 1.07. The highest BCUT2D eigenvalue weighted by Gasteiger charge is 2.24. The van der Waals surface area contributed by atoms with Gasteiger partial charge in [0.2, 0.25) is 0 Å². The molecule has 0 bridgehead atoms. The van der Waals surface area contributed by atoms with Crippen LogP contribution in [-0.2, 0) is 0 Å². The van der Waals surface area contributed by atoms with E-state index in [2.05, 4.69) is 30.3 Å². The molecule has 1 heterocycles. The molecule has 1 aliphatic heterocycles. The Bertz CT molecular complexity index is 517. The van der Waals surface area contributed by atoms with Crippen molar-refractivity contribution in [3.8, 4) is 0 Å². The molecule has 2 unspecified atom stereocenters. The molecule has 1 N–H and O–H groups in total. The van der Waals surface area contributed by atoms with Crippen LogP contribution in [0.2, 0.25) is 0 Å². The van der Waals surface area contributed by atoms with Crippen LogP contribution in [0.1, 0.15) is 18.1 Å². The Morgan fingerprint density at radius 1 is 1.12 bits per heavy atom. The Morgan fingerprint density at radius 2 is 1.94 bits per heavy atom. The summed E-state index contributed by atoms with van der Waals surface area (Å²) in [5, 5.41) is 12.8. The van der Waals surface area contributed by atoms with Crippen molar-refractivity contribution in [2.75, 3.05) is 11.5 Å². The zero-order chi connectivity index (χ0) is 11.7. The monoisotopic (exact) mass is 244 g/mol. The van der Waals surface area contributed by atoms with Crippen molar-refractivity contribution in [1.29, 1.82) is 0 Å². The fourth-order valence-electron chi connectivity index (χ4n) is 2.47. The lowest BCUT2D eigenvalue weighted by atomic mass is 9.94. The minimum atomic E-state index is -0.297. The highest BCUT2D eigenvalue weighted by atomic mass is 32.2. The first-order valence-electron chi connectivity index (χ1n) is 6.09. The number of aliphatic hydroxyl groups is 1. The third-order valence-electron chi connectivity index (χ3n) is 3.53. The van der Waals surface area contributed by atoms with Crippen molar-refractivity contribution in [1.82, 2.24) is 0 Å². The van der Waals surface area contributed by atoms with Gasteiger partial charge in [0.25, 0.3) is 0 Å². The van der Waals surface area contributed by atoms with Gasteiger partial charge in [-0.15, -0.1) is 0 Å². The van der Waals surface area contributed by atoms with Crippen molar-refractivity contribution in [2.24, 2.45) is 5.92 Å². The van der Waals surface area contributed by atoms with Crippen LogP contribution in [0.5, 0.6) is 0 Å². The number of aliphatic hydroxyl groups excluding tert-OH is 1. The van der Waals surface area contributed by atoms with Crippen LogP contribution in [0.15, 0.2) is 42.5 Å². The molecule has 17 heavy (non-hydrogen) atoms. The van der Waals surface area contributed by atoms with E-state index in [1.54, 1.807) is 0 Å². The maximum absolute atomic E-state index is 10.4. The van der Waals surface area contributed by atoms with E-state index in [0.29, 0.717) is 5.92 Å². The molecule has 2 aromatic carbocycles. The van der Waals surface area contributed by atoms with Crippen LogP contribution in [0.25, 0.3) is 10.8 Å². The molecule has 0 saturated carbocycles. The number of hydrogen-bond donors (Lipinski definition) is 1. The summed E-state index contributed by atoms with van der Waals surface area (Å²) in [6.07, 6.45) is 0.841. The molecule has 2 atom stereocenters. The van der Waals surface area contributed by atoms with Gasteiger partial charge in [-0.1, -0.05) is 36.4 Å². The normalized spacial score (nSPS) is 21.8. The Balaban J connectivity index is 1.94. The van der Waals surface area contributed by atoms with Crippen LogP contribution in [-0.4, -0.2) is 16.6 Å². The molecule has 0 amide bonds. The molecule has 1 fully saturated rings. The standard InChI is InChI=1S/C15H16OS/c16-15(14-7-8-17-10-14)13-6-5-11-3-1-2-4-12(11)9-13/h1-6,9,14-16H,7-8,10H2. The number of rotatable bonds is 2. The first-order valence-corrected chi connectivity index (χ1v) is 7.24. The van der Waals surface area contributed by atoms with Gasteiger partial charge in [-0.05, 0) is 46.2 Å². The largest absolute Gasteiger partial charge is 0.388 e. The Hall–Kier alpha value is -0.990. The maximum atomic E-state index is 10.4. The predicted octanol–water partition coefficient (Wildman–Crippen LogP) is 3.63. The minimum absolute atomic E-state index is 0.297. The summed E-state index contributed by atoms with van der Waals surface area (Å²) in [5.74, 6) is 2.71. The molecule has 0 aromatic heterocycles. The lowest BCUT2D eigenvalue weighted by molar-refractivity contribution is 0.121. The highest BCUT2D eigenvalue weighted by Crippen LogP contribution is 2.34. The van der Waals surface area contributed by atoms with E-state index in [1.165, 1.54) is 16.5 Å². The van der Waals surface area contributed by atoms with Gasteiger partial charge >= 0.3 is 0 Å². The van der Waals surface area contributed by atoms with Gasteiger partial charge < -0.3 is 5.11 Å². The summed E-state index contributed by atoms with van der Waals surface area (Å²) in [7, 11) is 0. The molecule has 1 aliphatic rings. The summed E-state index contributed by atoms with van der Waals surface area (Å²) in [6, 6.07) is 14.6. The fourth-order valence-corrected chi connectivity index (χ4v) is 3.75. The van der Waals surface area contributed by atoms with Crippen molar-refractivity contribution in [3.05, 3.63) is 48.0 Å². The molecule has 0 radical (unpaired) electrons. The summed E-state index contributed by atoms with van der Waals surface area (Å²) < 4.78 is 0. The van der Waals surface area contributed by atoms with Crippen molar-refractivity contribution < 1.29 is 5.11 Å². The first kappa shape index (κ1) is 11.1. The van der Waals surface area contributed by atoms with Gasteiger partial charge in [-0.25, -0.2) is 0 Å².